The Morgan fingerprint density at radius 3 is 2.90 bits per heavy atom. The molecule has 1 aromatic heterocycles. The molecule has 0 saturated heterocycles. The minimum atomic E-state index is 0.366. The van der Waals surface area contributed by atoms with Gasteiger partial charge in [-0.05, 0) is 36.8 Å². The molecule has 0 aliphatic heterocycles. The highest BCUT2D eigenvalue weighted by molar-refractivity contribution is 7.80. The molecule has 0 radical (unpaired) electrons. The number of fused-ring (bicyclic) bond motifs is 1. The lowest BCUT2D eigenvalue weighted by Gasteiger charge is -2.11. The predicted molar refractivity (Wildman–Crippen MR) is 95.0 cm³/mol. The minimum Gasteiger partial charge on any atom is -0.389 e. The summed E-state index contributed by atoms with van der Waals surface area (Å²) in [5, 5.41) is 4.82. The van der Waals surface area contributed by atoms with Gasteiger partial charge in [0.25, 0.3) is 0 Å². The number of nitrogens with two attached hydrogens (primary N) is 1. The number of thiocarbonyl (C=S) groups is 1. The van der Waals surface area contributed by atoms with Gasteiger partial charge in [0.15, 0.2) is 5.13 Å². The van der Waals surface area contributed by atoms with Crippen LogP contribution in [0.2, 0.25) is 5.02 Å². The molecule has 0 spiro atoms. The second-order valence-electron chi connectivity index (χ2n) is 4.62. The van der Waals surface area contributed by atoms with Crippen molar-refractivity contribution < 1.29 is 0 Å². The minimum absolute atomic E-state index is 0.366. The van der Waals surface area contributed by atoms with Crippen LogP contribution in [-0.2, 0) is 0 Å². The second kappa shape index (κ2) is 5.60. The van der Waals surface area contributed by atoms with Crippen LogP contribution in [0.5, 0.6) is 0 Å². The van der Waals surface area contributed by atoms with E-state index in [1.165, 1.54) is 0 Å². The van der Waals surface area contributed by atoms with Crippen molar-refractivity contribution >= 4 is 61.2 Å². The van der Waals surface area contributed by atoms with Gasteiger partial charge in [-0.25, -0.2) is 4.98 Å². The van der Waals surface area contributed by atoms with Gasteiger partial charge in [-0.15, -0.1) is 0 Å². The van der Waals surface area contributed by atoms with Crippen LogP contribution in [0.4, 0.5) is 10.8 Å². The molecule has 0 aliphatic rings. The summed E-state index contributed by atoms with van der Waals surface area (Å²) in [6.45, 7) is 2.01. The molecule has 0 amide bonds. The zero-order chi connectivity index (χ0) is 15.0. The number of halogens is 1. The third-order valence-corrected chi connectivity index (χ3v) is 4.51. The molecule has 3 N–H and O–H groups in total. The van der Waals surface area contributed by atoms with E-state index in [4.69, 9.17) is 29.6 Å². The highest BCUT2D eigenvalue weighted by atomic mass is 35.5. The Morgan fingerprint density at radius 2 is 2.14 bits per heavy atom. The van der Waals surface area contributed by atoms with E-state index >= 15 is 0 Å². The molecular weight excluding hydrogens is 322 g/mol. The molecule has 0 aliphatic carbocycles. The van der Waals surface area contributed by atoms with E-state index in [0.29, 0.717) is 10.0 Å². The fourth-order valence-electron chi connectivity index (χ4n) is 2.10. The molecule has 0 bridgehead atoms. The van der Waals surface area contributed by atoms with E-state index in [2.05, 4.69) is 10.3 Å². The topological polar surface area (TPSA) is 50.9 Å². The number of nitrogens with one attached hydrogen (secondary N) is 1. The molecule has 0 atom stereocenters. The van der Waals surface area contributed by atoms with Gasteiger partial charge in [-0.2, -0.15) is 0 Å². The first-order valence-corrected chi connectivity index (χ1v) is 7.87. The maximum Gasteiger partial charge on any atom is 0.188 e. The molecule has 106 valence electrons. The lowest BCUT2D eigenvalue weighted by Crippen LogP contribution is -2.12. The number of thiazole rings is 1. The van der Waals surface area contributed by atoms with Crippen molar-refractivity contribution in [3.63, 3.8) is 0 Å². The van der Waals surface area contributed by atoms with E-state index in [1.54, 1.807) is 11.3 Å². The van der Waals surface area contributed by atoms with Gasteiger partial charge in [-0.1, -0.05) is 47.3 Å². The van der Waals surface area contributed by atoms with E-state index in [0.717, 1.165) is 32.2 Å². The number of aromatic nitrogens is 1. The van der Waals surface area contributed by atoms with Gasteiger partial charge < -0.3 is 11.1 Å². The van der Waals surface area contributed by atoms with Gasteiger partial charge in [-0.3, -0.25) is 0 Å². The molecule has 6 heteroatoms. The van der Waals surface area contributed by atoms with Crippen LogP contribution in [0, 0.1) is 6.92 Å². The summed E-state index contributed by atoms with van der Waals surface area (Å²) in [5.41, 5.74) is 9.49. The lowest BCUT2D eigenvalue weighted by molar-refractivity contribution is 1.38. The molecule has 3 rings (SSSR count). The quantitative estimate of drug-likeness (QED) is 0.686. The van der Waals surface area contributed by atoms with Crippen LogP contribution < -0.4 is 11.1 Å². The number of hydrogen-bond acceptors (Lipinski definition) is 4. The summed E-state index contributed by atoms with van der Waals surface area (Å²) in [5.74, 6) is 0. The van der Waals surface area contributed by atoms with Crippen LogP contribution in [-0.4, -0.2) is 9.97 Å². The Kier molecular flexibility index (Phi) is 3.80. The second-order valence-corrected chi connectivity index (χ2v) is 6.52. The van der Waals surface area contributed by atoms with Crippen LogP contribution in [0.1, 0.15) is 11.1 Å². The third-order valence-electron chi connectivity index (χ3n) is 3.12. The Bertz CT molecular complexity index is 842. The van der Waals surface area contributed by atoms with Crippen LogP contribution >= 0.6 is 35.2 Å². The normalized spacial score (nSPS) is 10.8. The first-order chi connectivity index (χ1) is 10.0. The summed E-state index contributed by atoms with van der Waals surface area (Å²) in [7, 11) is 0. The number of benzene rings is 2. The number of nitrogens with zero attached hydrogens (tertiary/aromatic N) is 1. The smallest absolute Gasteiger partial charge is 0.188 e. The number of aryl methyl sites for hydroxylation is 1. The van der Waals surface area contributed by atoms with Crippen LogP contribution in [0.25, 0.3) is 10.2 Å². The van der Waals surface area contributed by atoms with Gasteiger partial charge in [0, 0.05) is 10.6 Å². The van der Waals surface area contributed by atoms with Gasteiger partial charge in [0.1, 0.15) is 4.99 Å². The number of anilines is 2. The van der Waals surface area contributed by atoms with Crippen molar-refractivity contribution in [2.75, 3.05) is 5.32 Å². The van der Waals surface area contributed by atoms with Crippen molar-refractivity contribution in [2.24, 2.45) is 5.73 Å². The Morgan fingerprint density at radius 1 is 1.33 bits per heavy atom. The van der Waals surface area contributed by atoms with Crippen molar-refractivity contribution in [3.8, 4) is 0 Å². The SMILES string of the molecule is Cc1cccc(C(N)=S)c1Nc1nc2ccc(Cl)cc2s1. The largest absolute Gasteiger partial charge is 0.389 e. The average Bonchev–Trinajstić information content (AvgIpc) is 2.82. The first-order valence-electron chi connectivity index (χ1n) is 6.27. The Balaban J connectivity index is 2.04. The number of hydrogen-bond donors (Lipinski definition) is 2. The van der Waals surface area contributed by atoms with Crippen molar-refractivity contribution in [2.45, 2.75) is 6.92 Å². The van der Waals surface area contributed by atoms with E-state index in [1.807, 2.05) is 43.3 Å². The number of rotatable bonds is 3. The van der Waals surface area contributed by atoms with Crippen LogP contribution in [0.3, 0.4) is 0 Å². The maximum atomic E-state index is 6.00. The van der Waals surface area contributed by atoms with Crippen LogP contribution in [0.15, 0.2) is 36.4 Å². The molecule has 0 saturated carbocycles. The van der Waals surface area contributed by atoms with Gasteiger partial charge in [0.05, 0.1) is 15.9 Å². The number of para-hydroxylation sites is 1. The molecule has 3 aromatic rings. The fraction of sp³-hybridized carbons (Fsp3) is 0.0667. The molecule has 0 fully saturated rings. The van der Waals surface area contributed by atoms with Gasteiger partial charge >= 0.3 is 0 Å². The lowest BCUT2D eigenvalue weighted by atomic mass is 10.1. The summed E-state index contributed by atoms with van der Waals surface area (Å²) in [6, 6.07) is 11.5. The average molecular weight is 334 g/mol. The predicted octanol–water partition coefficient (Wildman–Crippen LogP) is 4.64. The van der Waals surface area contributed by atoms with E-state index < -0.39 is 0 Å². The molecule has 3 nitrogen and oxygen atoms in total. The summed E-state index contributed by atoms with van der Waals surface area (Å²) >= 11 is 12.7. The highest BCUT2D eigenvalue weighted by Crippen LogP contribution is 2.32. The summed E-state index contributed by atoms with van der Waals surface area (Å²) < 4.78 is 1.04. The van der Waals surface area contributed by atoms with Crippen molar-refractivity contribution in [1.82, 2.24) is 4.98 Å². The third kappa shape index (κ3) is 2.85. The van der Waals surface area contributed by atoms with E-state index in [9.17, 15) is 0 Å². The molecular formula is C15H12ClN3S2. The molecule has 0 unspecified atom stereocenters. The van der Waals surface area contributed by atoms with Gasteiger partial charge in [0.2, 0.25) is 0 Å². The Hall–Kier alpha value is -1.69. The van der Waals surface area contributed by atoms with Crippen molar-refractivity contribution in [1.29, 1.82) is 0 Å². The van der Waals surface area contributed by atoms with E-state index in [-0.39, 0.29) is 0 Å². The first kappa shape index (κ1) is 14.3. The highest BCUT2D eigenvalue weighted by Gasteiger charge is 2.11. The molecule has 21 heavy (non-hydrogen) atoms. The summed E-state index contributed by atoms with van der Waals surface area (Å²) in [6.07, 6.45) is 0. The van der Waals surface area contributed by atoms with Crippen molar-refractivity contribution in [3.05, 3.63) is 52.5 Å². The maximum absolute atomic E-state index is 6.00. The summed E-state index contributed by atoms with van der Waals surface area (Å²) in [4.78, 5) is 4.92. The standard InChI is InChI=1S/C15H12ClN3S2/c1-8-3-2-4-10(14(17)20)13(8)19-15-18-11-6-5-9(16)7-12(11)21-15/h2-7H,1H3,(H2,17,20)(H,18,19). The monoisotopic (exact) mass is 333 g/mol. The fourth-order valence-corrected chi connectivity index (χ4v) is 3.41. The molecule has 1 heterocycles. The Labute approximate surface area is 136 Å². The zero-order valence-corrected chi connectivity index (χ0v) is 13.6. The molecule has 2 aromatic carbocycles. The zero-order valence-electron chi connectivity index (χ0n) is 11.2.